The molecule has 8 heteroatoms. The van der Waals surface area contributed by atoms with Crippen LogP contribution in [0.3, 0.4) is 0 Å². The fraction of sp³-hybridized carbons (Fsp3) is 0.261. The molecular weight excluding hydrogens is 394 g/mol. The van der Waals surface area contributed by atoms with E-state index in [0.717, 1.165) is 11.4 Å². The average Bonchev–Trinajstić information content (AvgIpc) is 3.22. The van der Waals surface area contributed by atoms with E-state index in [4.69, 9.17) is 10.5 Å². The summed E-state index contributed by atoms with van der Waals surface area (Å²) in [5.41, 5.74) is 8.99. The first-order valence-corrected chi connectivity index (χ1v) is 10.2. The molecule has 0 saturated heterocycles. The van der Waals surface area contributed by atoms with Gasteiger partial charge in [0.15, 0.2) is 5.69 Å². The Labute approximate surface area is 181 Å². The van der Waals surface area contributed by atoms with Crippen LogP contribution in [0.15, 0.2) is 48.5 Å². The second-order valence-corrected chi connectivity index (χ2v) is 6.65. The summed E-state index contributed by atoms with van der Waals surface area (Å²) in [6.07, 6.45) is 0.489. The largest absolute Gasteiger partial charge is 0.497 e. The molecule has 0 fully saturated rings. The summed E-state index contributed by atoms with van der Waals surface area (Å²) in [5, 5.41) is 7.43. The lowest BCUT2D eigenvalue weighted by atomic mass is 10.0. The van der Waals surface area contributed by atoms with Crippen molar-refractivity contribution in [1.82, 2.24) is 9.78 Å². The first-order valence-electron chi connectivity index (χ1n) is 10.2. The van der Waals surface area contributed by atoms with Crippen LogP contribution in [0.5, 0.6) is 5.75 Å². The van der Waals surface area contributed by atoms with Crippen molar-refractivity contribution in [3.05, 3.63) is 65.5 Å². The highest BCUT2D eigenvalue weighted by atomic mass is 16.5. The number of benzene rings is 2. The van der Waals surface area contributed by atoms with Crippen LogP contribution in [0.2, 0.25) is 0 Å². The zero-order chi connectivity index (χ0) is 22.5. The van der Waals surface area contributed by atoms with Gasteiger partial charge in [-0.2, -0.15) is 5.10 Å². The Hall–Kier alpha value is -3.81. The monoisotopic (exact) mass is 421 g/mol. The van der Waals surface area contributed by atoms with Gasteiger partial charge < -0.3 is 20.7 Å². The maximum absolute atomic E-state index is 13.4. The molecule has 0 saturated carbocycles. The highest BCUT2D eigenvalue weighted by Gasteiger charge is 2.34. The SMILES string of the molecule is CC.CNc1ccc(N2CCc3c(C(N)=O)nn(-c4ccc(OC)cc4)c3C2=O)cc1. The number of ether oxygens (including phenoxy) is 1. The van der Waals surface area contributed by atoms with Gasteiger partial charge >= 0.3 is 0 Å². The van der Waals surface area contributed by atoms with Crippen LogP contribution in [0.4, 0.5) is 11.4 Å². The summed E-state index contributed by atoms with van der Waals surface area (Å²) in [5.74, 6) is -0.185. The molecule has 0 radical (unpaired) electrons. The number of carbonyl (C=O) groups excluding carboxylic acids is 2. The molecule has 1 aliphatic rings. The lowest BCUT2D eigenvalue weighted by Crippen LogP contribution is -2.39. The number of rotatable bonds is 5. The first kappa shape index (κ1) is 21.9. The van der Waals surface area contributed by atoms with Gasteiger partial charge in [-0.05, 0) is 55.0 Å². The summed E-state index contributed by atoms with van der Waals surface area (Å²) in [7, 11) is 3.42. The third-order valence-corrected chi connectivity index (χ3v) is 5.03. The number of nitrogens with zero attached hydrogens (tertiary/aromatic N) is 3. The van der Waals surface area contributed by atoms with E-state index in [0.29, 0.717) is 35.7 Å². The summed E-state index contributed by atoms with van der Waals surface area (Å²) >= 11 is 0. The summed E-state index contributed by atoms with van der Waals surface area (Å²) < 4.78 is 6.68. The van der Waals surface area contributed by atoms with Gasteiger partial charge in [0.25, 0.3) is 11.8 Å². The van der Waals surface area contributed by atoms with Gasteiger partial charge in [-0.15, -0.1) is 0 Å². The molecule has 0 bridgehead atoms. The molecule has 4 rings (SSSR count). The van der Waals surface area contributed by atoms with Gasteiger partial charge in [-0.1, -0.05) is 13.8 Å². The maximum Gasteiger partial charge on any atom is 0.277 e. The fourth-order valence-electron chi connectivity index (χ4n) is 3.52. The van der Waals surface area contributed by atoms with Crippen molar-refractivity contribution in [2.24, 2.45) is 5.73 Å². The number of methoxy groups -OCH3 is 1. The molecule has 0 atom stereocenters. The molecule has 1 aliphatic heterocycles. The van der Waals surface area contributed by atoms with Crippen LogP contribution in [0.1, 0.15) is 40.4 Å². The normalized spacial score (nSPS) is 12.5. The number of anilines is 2. The summed E-state index contributed by atoms with van der Waals surface area (Å²) in [6, 6.07) is 14.7. The number of hydrogen-bond acceptors (Lipinski definition) is 5. The van der Waals surface area contributed by atoms with Crippen LogP contribution in [0, 0.1) is 0 Å². The number of nitrogens with one attached hydrogen (secondary N) is 1. The van der Waals surface area contributed by atoms with Gasteiger partial charge in [0, 0.05) is 30.5 Å². The Balaban J connectivity index is 0.00000132. The quantitative estimate of drug-likeness (QED) is 0.658. The Bertz CT molecular complexity index is 1070. The van der Waals surface area contributed by atoms with Crippen LogP contribution in [0.25, 0.3) is 5.69 Å². The number of fused-ring (bicyclic) bond motifs is 1. The maximum atomic E-state index is 13.4. The van der Waals surface area contributed by atoms with Crippen molar-refractivity contribution < 1.29 is 14.3 Å². The molecule has 0 spiro atoms. The molecule has 0 unspecified atom stereocenters. The molecule has 3 N–H and O–H groups in total. The number of carbonyl (C=O) groups is 2. The molecule has 2 aromatic carbocycles. The molecule has 0 aliphatic carbocycles. The van der Waals surface area contributed by atoms with Crippen molar-refractivity contribution in [1.29, 1.82) is 0 Å². The highest BCUT2D eigenvalue weighted by Crippen LogP contribution is 2.29. The molecule has 1 aromatic heterocycles. The van der Waals surface area contributed by atoms with Crippen molar-refractivity contribution >= 4 is 23.2 Å². The topological polar surface area (TPSA) is 102 Å². The summed E-state index contributed by atoms with van der Waals surface area (Å²) in [4.78, 5) is 27.0. The average molecular weight is 422 g/mol. The zero-order valence-electron chi connectivity index (χ0n) is 18.2. The number of aromatic nitrogens is 2. The van der Waals surface area contributed by atoms with E-state index < -0.39 is 5.91 Å². The Kier molecular flexibility index (Phi) is 6.59. The number of amides is 2. The predicted octanol–water partition coefficient (Wildman–Crippen LogP) is 3.25. The van der Waals surface area contributed by atoms with Crippen LogP contribution in [-0.4, -0.2) is 42.3 Å². The minimum Gasteiger partial charge on any atom is -0.497 e. The van der Waals surface area contributed by atoms with E-state index in [9.17, 15) is 9.59 Å². The Morgan fingerprint density at radius 1 is 1.06 bits per heavy atom. The minimum absolute atomic E-state index is 0.134. The molecule has 2 heterocycles. The number of hydrogen-bond donors (Lipinski definition) is 2. The molecular formula is C23H27N5O3. The molecule has 3 aromatic rings. The zero-order valence-corrected chi connectivity index (χ0v) is 18.2. The van der Waals surface area contributed by atoms with Crippen LogP contribution < -0.4 is 20.7 Å². The molecule has 2 amide bonds. The lowest BCUT2D eigenvalue weighted by Gasteiger charge is -2.28. The van der Waals surface area contributed by atoms with Gasteiger partial charge in [0.1, 0.15) is 11.4 Å². The third-order valence-electron chi connectivity index (χ3n) is 5.03. The van der Waals surface area contributed by atoms with Crippen molar-refractivity contribution in [2.75, 3.05) is 30.9 Å². The van der Waals surface area contributed by atoms with Gasteiger partial charge in [-0.25, -0.2) is 4.68 Å². The number of nitrogens with two attached hydrogens (primary N) is 1. The second-order valence-electron chi connectivity index (χ2n) is 6.65. The second kappa shape index (κ2) is 9.34. The molecule has 162 valence electrons. The lowest BCUT2D eigenvalue weighted by molar-refractivity contribution is 0.0972. The van der Waals surface area contributed by atoms with Gasteiger partial charge in [0.2, 0.25) is 0 Å². The molecule has 31 heavy (non-hydrogen) atoms. The fourth-order valence-corrected chi connectivity index (χ4v) is 3.52. The van der Waals surface area contributed by atoms with Gasteiger partial charge in [0.05, 0.1) is 12.8 Å². The third kappa shape index (κ3) is 4.09. The minimum atomic E-state index is -0.645. The molecule has 8 nitrogen and oxygen atoms in total. The first-order chi connectivity index (χ1) is 15.0. The van der Waals surface area contributed by atoms with Crippen molar-refractivity contribution in [2.45, 2.75) is 20.3 Å². The summed E-state index contributed by atoms with van der Waals surface area (Å²) in [6.45, 7) is 4.44. The standard InChI is InChI=1S/C21H21N5O3.C2H6/c1-23-13-3-5-14(6-4-13)25-12-11-17-18(20(22)27)24-26(19(17)21(25)28)15-7-9-16(29-2)10-8-15;1-2/h3-10,23H,11-12H2,1-2H3,(H2,22,27);1-2H3. The van der Waals surface area contributed by atoms with Crippen molar-refractivity contribution in [3.63, 3.8) is 0 Å². The Morgan fingerprint density at radius 2 is 1.68 bits per heavy atom. The van der Waals surface area contributed by atoms with E-state index in [1.54, 1.807) is 36.3 Å². The predicted molar refractivity (Wildman–Crippen MR) is 121 cm³/mol. The van der Waals surface area contributed by atoms with Crippen molar-refractivity contribution in [3.8, 4) is 11.4 Å². The smallest absolute Gasteiger partial charge is 0.277 e. The number of primary amides is 1. The van der Waals surface area contributed by atoms with Gasteiger partial charge in [-0.3, -0.25) is 9.59 Å². The van der Waals surface area contributed by atoms with Crippen LogP contribution in [-0.2, 0) is 6.42 Å². The van der Waals surface area contributed by atoms with E-state index in [1.807, 2.05) is 45.2 Å². The highest BCUT2D eigenvalue weighted by molar-refractivity contribution is 6.09. The van der Waals surface area contributed by atoms with E-state index in [2.05, 4.69) is 10.4 Å². The van der Waals surface area contributed by atoms with Crippen LogP contribution >= 0.6 is 0 Å². The Morgan fingerprint density at radius 3 is 2.23 bits per heavy atom. The van der Waals surface area contributed by atoms with E-state index in [1.165, 1.54) is 4.68 Å². The van der Waals surface area contributed by atoms with E-state index >= 15 is 0 Å². The van der Waals surface area contributed by atoms with E-state index in [-0.39, 0.29) is 11.6 Å².